The smallest absolute Gasteiger partial charge is 0.357 e. The van der Waals surface area contributed by atoms with Crippen LogP contribution in [0.15, 0.2) is 10.2 Å². The SMILES string of the molecule is OC(C1CCC/C1=N/N=C1\CCCC1C(O)(C(F)(F)Cl)C(F)(F)Cl)(C(F)(F)Cl)C(F)(F)Cl. The van der Waals surface area contributed by atoms with Crippen LogP contribution in [0.3, 0.4) is 0 Å². The van der Waals surface area contributed by atoms with Crippen LogP contribution in [-0.4, -0.2) is 54.4 Å². The molecule has 2 N–H and O–H groups in total. The van der Waals surface area contributed by atoms with Gasteiger partial charge in [-0.1, -0.05) is 0 Å². The van der Waals surface area contributed by atoms with Crippen molar-refractivity contribution in [3.63, 3.8) is 0 Å². The summed E-state index contributed by atoms with van der Waals surface area (Å²) >= 11 is 18.9. The molecule has 16 heteroatoms. The highest BCUT2D eigenvalue weighted by molar-refractivity contribution is 6.27. The van der Waals surface area contributed by atoms with E-state index in [1.165, 1.54) is 0 Å². The van der Waals surface area contributed by atoms with E-state index >= 15 is 0 Å². The summed E-state index contributed by atoms with van der Waals surface area (Å²) in [6.07, 6.45) is -1.45. The van der Waals surface area contributed by atoms with Crippen LogP contribution in [-0.2, 0) is 0 Å². The van der Waals surface area contributed by atoms with Gasteiger partial charge in [-0.25, -0.2) is 0 Å². The summed E-state index contributed by atoms with van der Waals surface area (Å²) in [4.78, 5) is 0. The fourth-order valence-electron chi connectivity index (χ4n) is 4.04. The third-order valence-electron chi connectivity index (χ3n) is 5.70. The van der Waals surface area contributed by atoms with Crippen LogP contribution >= 0.6 is 46.4 Å². The average Bonchev–Trinajstić information content (AvgIpc) is 3.23. The molecule has 0 heterocycles. The Kier molecular flexibility index (Phi) is 7.74. The maximum Gasteiger partial charge on any atom is 0.357 e. The summed E-state index contributed by atoms with van der Waals surface area (Å²) < 4.78 is 110. The molecule has 0 radical (unpaired) electrons. The van der Waals surface area contributed by atoms with Gasteiger partial charge in [0.15, 0.2) is 0 Å². The second-order valence-electron chi connectivity index (χ2n) is 7.60. The molecular formula is C16H16Cl4F8N2O2. The zero-order valence-corrected chi connectivity index (χ0v) is 18.7. The second-order valence-corrected chi connectivity index (χ2v) is 9.49. The summed E-state index contributed by atoms with van der Waals surface area (Å²) in [6, 6.07) is 0. The second kappa shape index (κ2) is 8.82. The van der Waals surface area contributed by atoms with E-state index in [1.807, 2.05) is 0 Å². The maximum atomic E-state index is 13.7. The normalized spacial score (nSPS) is 27.1. The Bertz CT molecular complexity index is 682. The average molecular weight is 562 g/mol. The first kappa shape index (κ1) is 28.1. The first-order chi connectivity index (χ1) is 14.2. The van der Waals surface area contributed by atoms with Crippen molar-refractivity contribution in [1.29, 1.82) is 0 Å². The first-order valence-corrected chi connectivity index (χ1v) is 10.6. The molecule has 0 saturated heterocycles. The Hall–Kier alpha value is -0.140. The number of rotatable bonds is 7. The number of aliphatic hydroxyl groups is 2. The van der Waals surface area contributed by atoms with E-state index < -0.39 is 68.8 Å². The molecule has 32 heavy (non-hydrogen) atoms. The van der Waals surface area contributed by atoms with Gasteiger partial charge in [0.2, 0.25) is 11.2 Å². The minimum absolute atomic E-state index is 0.0243. The lowest BCUT2D eigenvalue weighted by Gasteiger charge is -2.39. The van der Waals surface area contributed by atoms with Gasteiger partial charge < -0.3 is 10.2 Å². The lowest BCUT2D eigenvalue weighted by molar-refractivity contribution is -0.232. The summed E-state index contributed by atoms with van der Waals surface area (Å²) in [5.74, 6) is -4.20. The van der Waals surface area contributed by atoms with Crippen molar-refractivity contribution in [1.82, 2.24) is 0 Å². The topological polar surface area (TPSA) is 65.2 Å². The van der Waals surface area contributed by atoms with Gasteiger partial charge in [-0.15, -0.1) is 0 Å². The van der Waals surface area contributed by atoms with Gasteiger partial charge in [0.1, 0.15) is 0 Å². The van der Waals surface area contributed by atoms with Crippen molar-refractivity contribution in [3.8, 4) is 0 Å². The number of hydrogen-bond acceptors (Lipinski definition) is 4. The van der Waals surface area contributed by atoms with E-state index in [9.17, 15) is 45.3 Å². The van der Waals surface area contributed by atoms with Crippen molar-refractivity contribution in [2.45, 2.75) is 71.3 Å². The summed E-state index contributed by atoms with van der Waals surface area (Å²) in [7, 11) is 0. The van der Waals surface area contributed by atoms with E-state index in [1.54, 1.807) is 0 Å². The highest BCUT2D eigenvalue weighted by Gasteiger charge is 2.73. The summed E-state index contributed by atoms with van der Waals surface area (Å²) in [5, 5.41) is 7.44. The molecule has 0 aromatic carbocycles. The number of halogens is 12. The molecule has 2 aliphatic rings. The Morgan fingerprint density at radius 1 is 0.594 bits per heavy atom. The van der Waals surface area contributed by atoms with E-state index in [0.717, 1.165) is 0 Å². The Balaban J connectivity index is 2.51. The molecule has 0 aromatic heterocycles. The van der Waals surface area contributed by atoms with E-state index in [2.05, 4.69) is 10.2 Å². The van der Waals surface area contributed by atoms with Gasteiger partial charge in [0.25, 0.3) is 0 Å². The van der Waals surface area contributed by atoms with Gasteiger partial charge in [-0.2, -0.15) is 45.3 Å². The fourth-order valence-corrected chi connectivity index (χ4v) is 5.13. The molecule has 2 fully saturated rings. The lowest BCUT2D eigenvalue weighted by Crippen LogP contribution is -2.62. The van der Waals surface area contributed by atoms with E-state index in [4.69, 9.17) is 46.4 Å². The summed E-state index contributed by atoms with van der Waals surface area (Å²) in [5.41, 5.74) is -9.66. The fraction of sp³-hybridized carbons (Fsp3) is 0.875. The third-order valence-corrected chi connectivity index (χ3v) is 6.85. The van der Waals surface area contributed by atoms with Gasteiger partial charge in [0, 0.05) is 23.3 Å². The molecule has 2 unspecified atom stereocenters. The monoisotopic (exact) mass is 560 g/mol. The molecule has 0 amide bonds. The molecule has 0 aromatic rings. The van der Waals surface area contributed by atoms with Crippen LogP contribution in [0.25, 0.3) is 0 Å². The van der Waals surface area contributed by atoms with Crippen LogP contribution in [0.4, 0.5) is 35.1 Å². The highest BCUT2D eigenvalue weighted by Crippen LogP contribution is 2.55. The standard InChI is InChI=1S/C16H16Cl4F8N2O2/c17-13(21,22)11(31,14(18,23)24)7-3-1-5-9(7)29-30-10-6-2-4-8(10)12(32,15(19,25)26)16(20,27)28/h7-8,31-32H,1-6H2/b29-9-,30-10+. The van der Waals surface area contributed by atoms with Crippen molar-refractivity contribution >= 4 is 57.8 Å². The van der Waals surface area contributed by atoms with Crippen molar-refractivity contribution < 1.29 is 45.3 Å². The molecule has 0 bridgehead atoms. The van der Waals surface area contributed by atoms with Crippen molar-refractivity contribution in [3.05, 3.63) is 0 Å². The number of alkyl halides is 12. The van der Waals surface area contributed by atoms with Crippen molar-refractivity contribution in [2.24, 2.45) is 22.0 Å². The Morgan fingerprint density at radius 2 is 0.844 bits per heavy atom. The predicted molar refractivity (Wildman–Crippen MR) is 103 cm³/mol. The number of hydrogen-bond donors (Lipinski definition) is 2. The van der Waals surface area contributed by atoms with Gasteiger partial charge in [-0.3, -0.25) is 0 Å². The van der Waals surface area contributed by atoms with Crippen LogP contribution in [0.1, 0.15) is 38.5 Å². The zero-order valence-electron chi connectivity index (χ0n) is 15.7. The van der Waals surface area contributed by atoms with Crippen LogP contribution < -0.4 is 0 Å². The number of nitrogens with zero attached hydrogens (tertiary/aromatic N) is 2. The maximum absolute atomic E-state index is 13.7. The quantitative estimate of drug-likeness (QED) is 0.222. The molecule has 186 valence electrons. The van der Waals surface area contributed by atoms with Crippen LogP contribution in [0, 0.1) is 11.8 Å². The van der Waals surface area contributed by atoms with Crippen LogP contribution in [0.2, 0.25) is 0 Å². The molecule has 0 aliphatic heterocycles. The highest BCUT2D eigenvalue weighted by atomic mass is 35.5. The molecule has 2 saturated carbocycles. The molecule has 2 aliphatic carbocycles. The first-order valence-electron chi connectivity index (χ1n) is 9.04. The van der Waals surface area contributed by atoms with E-state index in [0.29, 0.717) is 0 Å². The summed E-state index contributed by atoms with van der Waals surface area (Å²) in [6.45, 7) is 0. The zero-order chi connectivity index (χ0) is 25.0. The molecule has 4 nitrogen and oxygen atoms in total. The van der Waals surface area contributed by atoms with Gasteiger partial charge in [0.05, 0.1) is 0 Å². The predicted octanol–water partition coefficient (Wildman–Crippen LogP) is 6.17. The third kappa shape index (κ3) is 4.68. The Morgan fingerprint density at radius 3 is 1.06 bits per heavy atom. The molecule has 0 spiro atoms. The van der Waals surface area contributed by atoms with Crippen LogP contribution in [0.5, 0.6) is 0 Å². The van der Waals surface area contributed by atoms with E-state index in [-0.39, 0.29) is 25.7 Å². The lowest BCUT2D eigenvalue weighted by atomic mass is 9.84. The largest absolute Gasteiger partial charge is 0.376 e. The molecular weight excluding hydrogens is 546 g/mol. The van der Waals surface area contributed by atoms with Gasteiger partial charge >= 0.3 is 21.5 Å². The Labute approximate surface area is 196 Å². The molecule has 2 atom stereocenters. The minimum atomic E-state index is -4.92. The molecule has 2 rings (SSSR count). The van der Waals surface area contributed by atoms with Crippen molar-refractivity contribution in [2.75, 3.05) is 0 Å². The minimum Gasteiger partial charge on any atom is -0.376 e. The van der Waals surface area contributed by atoms with Gasteiger partial charge in [-0.05, 0) is 84.9 Å².